The number of likely N-dealkylation sites (tertiary alicyclic amines) is 1. The second-order valence-electron chi connectivity index (χ2n) is 7.34. The van der Waals surface area contributed by atoms with E-state index in [9.17, 15) is 9.59 Å². The highest BCUT2D eigenvalue weighted by molar-refractivity contribution is 6.40. The summed E-state index contributed by atoms with van der Waals surface area (Å²) in [5.74, 6) is -0.450. The molecule has 4 N–H and O–H groups in total. The molecule has 9 nitrogen and oxygen atoms in total. The lowest BCUT2D eigenvalue weighted by molar-refractivity contribution is -0.144. The number of anilines is 2. The van der Waals surface area contributed by atoms with Crippen molar-refractivity contribution in [1.82, 2.24) is 20.1 Å². The Morgan fingerprint density at radius 3 is 2.68 bits per heavy atom. The van der Waals surface area contributed by atoms with Crippen LogP contribution in [0.25, 0.3) is 10.9 Å². The SMILES string of the molecule is C1CCOCC1.CC1CCCN(C(=O)C(=O)Nc2cnc(N)c3cn[nH]c23)C1. The molecular formula is C19H28N6O3. The molecule has 2 saturated heterocycles. The van der Waals surface area contributed by atoms with Crippen LogP contribution in [0.4, 0.5) is 11.5 Å². The highest BCUT2D eigenvalue weighted by Gasteiger charge is 2.26. The van der Waals surface area contributed by atoms with Gasteiger partial charge in [0.25, 0.3) is 0 Å². The number of rotatable bonds is 1. The standard InChI is InChI=1S/C14H18N6O2.C5H10O/c1-8-3-2-4-20(7-8)14(22)13(21)18-10-6-16-12(15)9-5-17-19-11(9)10;1-2-4-6-5-3-1/h5-6,8H,2-4,7H2,1H3,(H2,15,16)(H,17,19)(H,18,21);1-5H2. The van der Waals surface area contributed by atoms with E-state index in [0.717, 1.165) is 26.1 Å². The first-order chi connectivity index (χ1) is 13.6. The Labute approximate surface area is 164 Å². The summed E-state index contributed by atoms with van der Waals surface area (Å²) >= 11 is 0. The molecule has 4 heterocycles. The predicted octanol–water partition coefficient (Wildman–Crippen LogP) is 1.92. The van der Waals surface area contributed by atoms with Crippen LogP contribution in [0, 0.1) is 5.92 Å². The third-order valence-corrected chi connectivity index (χ3v) is 4.98. The average Bonchev–Trinajstić information content (AvgIpc) is 3.22. The maximum Gasteiger partial charge on any atom is 0.314 e. The van der Waals surface area contributed by atoms with Crippen LogP contribution in [0.1, 0.15) is 39.0 Å². The molecule has 2 aliphatic rings. The summed E-state index contributed by atoms with van der Waals surface area (Å²) in [5, 5.41) is 9.83. The van der Waals surface area contributed by atoms with Crippen molar-refractivity contribution in [3.05, 3.63) is 12.4 Å². The number of carbonyl (C=O) groups excluding carboxylic acids is 2. The molecule has 0 aromatic carbocycles. The highest BCUT2D eigenvalue weighted by atomic mass is 16.5. The Balaban J connectivity index is 0.000000320. The number of hydrogen-bond donors (Lipinski definition) is 3. The van der Waals surface area contributed by atoms with Gasteiger partial charge in [0.05, 0.1) is 29.0 Å². The van der Waals surface area contributed by atoms with E-state index in [4.69, 9.17) is 10.5 Å². The first-order valence-electron chi connectivity index (χ1n) is 9.82. The second-order valence-corrected chi connectivity index (χ2v) is 7.34. The number of nitrogen functional groups attached to an aromatic ring is 1. The first kappa shape index (κ1) is 20.1. The number of piperidine rings is 1. The zero-order valence-electron chi connectivity index (χ0n) is 16.2. The summed E-state index contributed by atoms with van der Waals surface area (Å²) in [6.07, 6.45) is 8.89. The number of aromatic amines is 1. The van der Waals surface area contributed by atoms with Gasteiger partial charge >= 0.3 is 11.8 Å². The molecule has 1 unspecified atom stereocenters. The molecule has 152 valence electrons. The van der Waals surface area contributed by atoms with Crippen LogP contribution >= 0.6 is 0 Å². The fraction of sp³-hybridized carbons (Fsp3) is 0.579. The summed E-state index contributed by atoms with van der Waals surface area (Å²) < 4.78 is 5.07. The van der Waals surface area contributed by atoms with Gasteiger partial charge in [-0.3, -0.25) is 14.7 Å². The lowest BCUT2D eigenvalue weighted by Crippen LogP contribution is -2.44. The van der Waals surface area contributed by atoms with E-state index in [1.165, 1.54) is 31.7 Å². The van der Waals surface area contributed by atoms with Crippen molar-refractivity contribution in [2.75, 3.05) is 37.4 Å². The molecule has 0 spiro atoms. The first-order valence-corrected chi connectivity index (χ1v) is 9.82. The molecule has 2 fully saturated rings. The summed E-state index contributed by atoms with van der Waals surface area (Å²) in [6.45, 7) is 5.32. The smallest absolute Gasteiger partial charge is 0.314 e. The van der Waals surface area contributed by atoms with Gasteiger partial charge in [0.15, 0.2) is 0 Å². The Hall–Kier alpha value is -2.68. The summed E-state index contributed by atoms with van der Waals surface area (Å²) in [5.41, 5.74) is 6.68. The monoisotopic (exact) mass is 388 g/mol. The predicted molar refractivity (Wildman–Crippen MR) is 107 cm³/mol. The summed E-state index contributed by atoms with van der Waals surface area (Å²) in [4.78, 5) is 30.0. The van der Waals surface area contributed by atoms with Gasteiger partial charge in [-0.05, 0) is 38.0 Å². The summed E-state index contributed by atoms with van der Waals surface area (Å²) in [6, 6.07) is 0. The normalized spacial score (nSPS) is 19.6. The highest BCUT2D eigenvalue weighted by Crippen LogP contribution is 2.24. The lowest BCUT2D eigenvalue weighted by atomic mass is 10.0. The van der Waals surface area contributed by atoms with Crippen LogP contribution in [0.15, 0.2) is 12.4 Å². The Kier molecular flexibility index (Phi) is 6.80. The molecule has 1 atom stereocenters. The fourth-order valence-electron chi connectivity index (χ4n) is 3.43. The number of amides is 2. The molecule has 2 aromatic heterocycles. The van der Waals surface area contributed by atoms with Crippen molar-refractivity contribution in [3.8, 4) is 0 Å². The van der Waals surface area contributed by atoms with E-state index < -0.39 is 11.8 Å². The molecule has 2 aliphatic heterocycles. The van der Waals surface area contributed by atoms with Crippen LogP contribution in [-0.4, -0.2) is 58.2 Å². The molecule has 0 aliphatic carbocycles. The van der Waals surface area contributed by atoms with Gasteiger partial charge in [-0.1, -0.05) is 6.92 Å². The molecule has 2 amide bonds. The van der Waals surface area contributed by atoms with Crippen molar-refractivity contribution in [3.63, 3.8) is 0 Å². The summed E-state index contributed by atoms with van der Waals surface area (Å²) in [7, 11) is 0. The number of nitrogens with zero attached hydrogens (tertiary/aromatic N) is 3. The molecular weight excluding hydrogens is 360 g/mol. The molecule has 9 heteroatoms. The topological polar surface area (TPSA) is 126 Å². The van der Waals surface area contributed by atoms with E-state index in [-0.39, 0.29) is 0 Å². The molecule has 0 saturated carbocycles. The number of fused-ring (bicyclic) bond motifs is 1. The van der Waals surface area contributed by atoms with E-state index in [2.05, 4.69) is 27.4 Å². The van der Waals surface area contributed by atoms with E-state index >= 15 is 0 Å². The van der Waals surface area contributed by atoms with Crippen LogP contribution in [0.3, 0.4) is 0 Å². The van der Waals surface area contributed by atoms with Crippen molar-refractivity contribution in [2.24, 2.45) is 5.92 Å². The number of nitrogens with one attached hydrogen (secondary N) is 2. The third-order valence-electron chi connectivity index (χ3n) is 4.98. The van der Waals surface area contributed by atoms with Gasteiger partial charge in [0, 0.05) is 26.3 Å². The van der Waals surface area contributed by atoms with E-state index in [1.807, 2.05) is 0 Å². The quantitative estimate of drug-likeness (QED) is 0.641. The van der Waals surface area contributed by atoms with Crippen molar-refractivity contribution in [2.45, 2.75) is 39.0 Å². The van der Waals surface area contributed by atoms with Crippen LogP contribution in [-0.2, 0) is 14.3 Å². The largest absolute Gasteiger partial charge is 0.383 e. The number of hydrogen-bond acceptors (Lipinski definition) is 6. The van der Waals surface area contributed by atoms with Gasteiger partial charge < -0.3 is 20.7 Å². The van der Waals surface area contributed by atoms with Crippen LogP contribution in [0.5, 0.6) is 0 Å². The zero-order chi connectivity index (χ0) is 19.9. The van der Waals surface area contributed by atoms with Crippen LogP contribution in [0.2, 0.25) is 0 Å². The number of nitrogens with two attached hydrogens (primary N) is 1. The Morgan fingerprint density at radius 2 is 2.04 bits per heavy atom. The number of carbonyl (C=O) groups is 2. The maximum atomic E-state index is 12.2. The van der Waals surface area contributed by atoms with Crippen LogP contribution < -0.4 is 11.1 Å². The molecule has 0 radical (unpaired) electrons. The second kappa shape index (κ2) is 9.50. The number of H-pyrrole nitrogens is 1. The Morgan fingerprint density at radius 1 is 1.25 bits per heavy atom. The van der Waals surface area contributed by atoms with Gasteiger partial charge in [0.1, 0.15) is 5.82 Å². The minimum atomic E-state index is -0.670. The van der Waals surface area contributed by atoms with E-state index in [0.29, 0.717) is 41.4 Å². The maximum absolute atomic E-state index is 12.2. The lowest BCUT2D eigenvalue weighted by Gasteiger charge is -2.30. The molecule has 4 rings (SSSR count). The van der Waals surface area contributed by atoms with Gasteiger partial charge in [0.2, 0.25) is 0 Å². The number of aromatic nitrogens is 3. The average molecular weight is 388 g/mol. The van der Waals surface area contributed by atoms with Gasteiger partial charge in [-0.2, -0.15) is 5.10 Å². The van der Waals surface area contributed by atoms with Crippen molar-refractivity contribution < 1.29 is 14.3 Å². The minimum Gasteiger partial charge on any atom is -0.383 e. The zero-order valence-corrected chi connectivity index (χ0v) is 16.2. The van der Waals surface area contributed by atoms with Crippen molar-refractivity contribution >= 4 is 34.2 Å². The van der Waals surface area contributed by atoms with Crippen molar-refractivity contribution in [1.29, 1.82) is 0 Å². The Bertz CT molecular complexity index is 806. The molecule has 0 bridgehead atoms. The molecule has 28 heavy (non-hydrogen) atoms. The third kappa shape index (κ3) is 4.98. The van der Waals surface area contributed by atoms with Gasteiger partial charge in [-0.25, -0.2) is 4.98 Å². The van der Waals surface area contributed by atoms with E-state index in [1.54, 1.807) is 4.90 Å². The fourth-order valence-corrected chi connectivity index (χ4v) is 3.43. The van der Waals surface area contributed by atoms with Gasteiger partial charge in [-0.15, -0.1) is 0 Å². The number of pyridine rings is 1. The molecule has 2 aromatic rings. The number of ether oxygens (including phenoxy) is 1. The minimum absolute atomic E-state index is 0.318.